The fourth-order valence-electron chi connectivity index (χ4n) is 3.34. The molecule has 1 N–H and O–H groups in total. The van der Waals surface area contributed by atoms with Crippen molar-refractivity contribution in [2.75, 3.05) is 0 Å². The van der Waals surface area contributed by atoms with Crippen LogP contribution in [0.3, 0.4) is 0 Å². The Hall–Kier alpha value is -3.14. The zero-order valence-corrected chi connectivity index (χ0v) is 14.2. The molecule has 0 fully saturated rings. The van der Waals surface area contributed by atoms with E-state index in [2.05, 4.69) is 50.9 Å². The molecule has 1 atom stereocenters. The van der Waals surface area contributed by atoms with Gasteiger partial charge in [0, 0.05) is 30.0 Å². The number of aromatic amines is 1. The third-order valence-electron chi connectivity index (χ3n) is 4.67. The smallest absolute Gasteiger partial charge is 0.251 e. The Kier molecular flexibility index (Phi) is 3.73. The second kappa shape index (κ2) is 6.06. The summed E-state index contributed by atoms with van der Waals surface area (Å²) in [6.45, 7) is 1.83. The summed E-state index contributed by atoms with van der Waals surface area (Å²) >= 11 is 0. The summed E-state index contributed by atoms with van der Waals surface area (Å²) in [4.78, 5) is 19.1. The van der Waals surface area contributed by atoms with Gasteiger partial charge in [0.1, 0.15) is 0 Å². The van der Waals surface area contributed by atoms with Crippen molar-refractivity contribution >= 4 is 10.9 Å². The maximum atomic E-state index is 11.8. The van der Waals surface area contributed by atoms with Gasteiger partial charge >= 0.3 is 0 Å². The molecule has 124 valence electrons. The van der Waals surface area contributed by atoms with Crippen LogP contribution in [0, 0.1) is 6.92 Å². The van der Waals surface area contributed by atoms with E-state index < -0.39 is 0 Å². The van der Waals surface area contributed by atoms with E-state index in [4.69, 9.17) is 0 Å². The number of rotatable bonds is 3. The van der Waals surface area contributed by atoms with Crippen LogP contribution in [0.2, 0.25) is 0 Å². The molecule has 25 heavy (non-hydrogen) atoms. The van der Waals surface area contributed by atoms with Crippen LogP contribution in [-0.4, -0.2) is 14.5 Å². The first kappa shape index (κ1) is 15.4. The summed E-state index contributed by atoms with van der Waals surface area (Å²) in [5, 5.41) is 1.04. The third kappa shape index (κ3) is 2.76. The fraction of sp³-hybridized carbons (Fsp3) is 0.143. The number of hydrogen-bond donors (Lipinski definition) is 1. The number of H-pyrrole nitrogens is 1. The van der Waals surface area contributed by atoms with Crippen LogP contribution in [0.4, 0.5) is 0 Å². The van der Waals surface area contributed by atoms with E-state index in [0.29, 0.717) is 0 Å². The number of benzene rings is 2. The lowest BCUT2D eigenvalue weighted by molar-refractivity contribution is 0.793. The molecule has 4 heteroatoms. The van der Waals surface area contributed by atoms with E-state index in [9.17, 15) is 4.79 Å². The first-order chi connectivity index (χ1) is 12.1. The van der Waals surface area contributed by atoms with Crippen LogP contribution in [0.25, 0.3) is 10.9 Å². The molecule has 4 nitrogen and oxygen atoms in total. The van der Waals surface area contributed by atoms with E-state index in [1.165, 1.54) is 11.1 Å². The maximum absolute atomic E-state index is 11.8. The molecule has 0 aliphatic heterocycles. The van der Waals surface area contributed by atoms with Crippen molar-refractivity contribution in [2.45, 2.75) is 12.8 Å². The van der Waals surface area contributed by atoms with E-state index >= 15 is 0 Å². The number of imidazole rings is 1. The lowest BCUT2D eigenvalue weighted by Crippen LogP contribution is -2.10. The second-order valence-corrected chi connectivity index (χ2v) is 6.40. The number of hydrogen-bond acceptors (Lipinski definition) is 2. The predicted molar refractivity (Wildman–Crippen MR) is 99.9 cm³/mol. The summed E-state index contributed by atoms with van der Waals surface area (Å²) < 4.78 is 2.06. The normalized spacial score (nSPS) is 12.4. The minimum Gasteiger partial charge on any atom is -0.337 e. The van der Waals surface area contributed by atoms with Gasteiger partial charge in [-0.15, -0.1) is 0 Å². The van der Waals surface area contributed by atoms with E-state index in [1.54, 1.807) is 0 Å². The van der Waals surface area contributed by atoms with E-state index in [-0.39, 0.29) is 11.5 Å². The van der Waals surface area contributed by atoms with Crippen LogP contribution in [0.15, 0.2) is 71.9 Å². The Morgan fingerprint density at radius 1 is 1.04 bits per heavy atom. The van der Waals surface area contributed by atoms with Crippen molar-refractivity contribution in [3.8, 4) is 0 Å². The molecule has 0 saturated heterocycles. The van der Waals surface area contributed by atoms with Crippen LogP contribution >= 0.6 is 0 Å². The van der Waals surface area contributed by atoms with Crippen LogP contribution in [-0.2, 0) is 7.05 Å². The number of pyridine rings is 1. The Labute approximate surface area is 145 Å². The molecule has 0 aliphatic rings. The SMILES string of the molecule is Cc1cc2cc(C(c3ccccc3)c3cncn3C)ccc2[nH]c1=O. The summed E-state index contributed by atoms with van der Waals surface area (Å²) in [6, 6.07) is 18.6. The van der Waals surface area contributed by atoms with E-state index in [1.807, 2.05) is 44.7 Å². The van der Waals surface area contributed by atoms with Crippen molar-refractivity contribution in [3.63, 3.8) is 0 Å². The molecule has 0 bridgehead atoms. The highest BCUT2D eigenvalue weighted by Crippen LogP contribution is 2.32. The number of aryl methyl sites for hydroxylation is 2. The summed E-state index contributed by atoms with van der Waals surface area (Å²) in [5.74, 6) is 0.0883. The van der Waals surface area contributed by atoms with Crippen molar-refractivity contribution in [1.82, 2.24) is 14.5 Å². The largest absolute Gasteiger partial charge is 0.337 e. The highest BCUT2D eigenvalue weighted by atomic mass is 16.1. The van der Waals surface area contributed by atoms with Gasteiger partial charge in [-0.3, -0.25) is 4.79 Å². The highest BCUT2D eigenvalue weighted by molar-refractivity contribution is 5.80. The van der Waals surface area contributed by atoms with Gasteiger partial charge in [-0.25, -0.2) is 4.98 Å². The molecular weight excluding hydrogens is 310 g/mol. The lowest BCUT2D eigenvalue weighted by atomic mass is 9.88. The zero-order chi connectivity index (χ0) is 17.4. The van der Waals surface area contributed by atoms with Gasteiger partial charge < -0.3 is 9.55 Å². The van der Waals surface area contributed by atoms with Crippen LogP contribution in [0.5, 0.6) is 0 Å². The first-order valence-electron chi connectivity index (χ1n) is 8.28. The molecule has 0 saturated carbocycles. The first-order valence-corrected chi connectivity index (χ1v) is 8.28. The van der Waals surface area contributed by atoms with Gasteiger partial charge in [-0.05, 0) is 41.6 Å². The maximum Gasteiger partial charge on any atom is 0.251 e. The van der Waals surface area contributed by atoms with Crippen molar-refractivity contribution in [2.24, 2.45) is 7.05 Å². The molecule has 4 aromatic rings. The Morgan fingerprint density at radius 2 is 1.84 bits per heavy atom. The second-order valence-electron chi connectivity index (χ2n) is 6.40. The predicted octanol–water partition coefficient (Wildman–Crippen LogP) is 3.75. The van der Waals surface area contributed by atoms with Crippen molar-refractivity contribution in [1.29, 1.82) is 0 Å². The average Bonchev–Trinajstić information content (AvgIpc) is 3.03. The molecule has 0 amide bonds. The molecule has 0 radical (unpaired) electrons. The van der Waals surface area contributed by atoms with Gasteiger partial charge in [0.15, 0.2) is 0 Å². The minimum atomic E-state index is -0.0357. The number of aromatic nitrogens is 3. The highest BCUT2D eigenvalue weighted by Gasteiger charge is 2.20. The molecular formula is C21H19N3O. The van der Waals surface area contributed by atoms with Gasteiger partial charge in [0.25, 0.3) is 5.56 Å². The van der Waals surface area contributed by atoms with Crippen LogP contribution in [0.1, 0.15) is 28.3 Å². The lowest BCUT2D eigenvalue weighted by Gasteiger charge is -2.19. The van der Waals surface area contributed by atoms with Crippen molar-refractivity contribution < 1.29 is 0 Å². The molecule has 4 rings (SSSR count). The Balaban J connectivity index is 1.93. The quantitative estimate of drug-likeness (QED) is 0.622. The van der Waals surface area contributed by atoms with Gasteiger partial charge in [-0.2, -0.15) is 0 Å². The Bertz CT molecular complexity index is 1090. The summed E-state index contributed by atoms with van der Waals surface area (Å²) in [6.07, 6.45) is 3.74. The Morgan fingerprint density at radius 3 is 2.56 bits per heavy atom. The molecule has 0 aliphatic carbocycles. The average molecular weight is 329 g/mol. The van der Waals surface area contributed by atoms with Gasteiger partial charge in [0.05, 0.1) is 12.2 Å². The number of nitrogens with zero attached hydrogens (tertiary/aromatic N) is 2. The standard InChI is InChI=1S/C21H19N3O/c1-14-10-17-11-16(8-9-18(17)23-21(14)25)20(15-6-4-3-5-7-15)19-12-22-13-24(19)2/h3-13,20H,1-2H3,(H,23,25). The van der Waals surface area contributed by atoms with Crippen molar-refractivity contribution in [3.05, 3.63) is 99.9 Å². The van der Waals surface area contributed by atoms with E-state index in [0.717, 1.165) is 22.2 Å². The third-order valence-corrected chi connectivity index (χ3v) is 4.67. The topological polar surface area (TPSA) is 50.7 Å². The van der Waals surface area contributed by atoms with Gasteiger partial charge in [-0.1, -0.05) is 36.4 Å². The van der Waals surface area contributed by atoms with Crippen LogP contribution < -0.4 is 5.56 Å². The molecule has 2 heterocycles. The molecule has 2 aromatic carbocycles. The molecule has 0 spiro atoms. The summed E-state index contributed by atoms with van der Waals surface area (Å²) in [7, 11) is 2.01. The zero-order valence-electron chi connectivity index (χ0n) is 14.2. The van der Waals surface area contributed by atoms with Gasteiger partial charge in [0.2, 0.25) is 0 Å². The molecule has 1 unspecified atom stereocenters. The summed E-state index contributed by atoms with van der Waals surface area (Å²) in [5.41, 5.74) is 5.07. The minimum absolute atomic E-state index is 0.0357. The monoisotopic (exact) mass is 329 g/mol. The number of nitrogens with one attached hydrogen (secondary N) is 1. The molecule has 2 aromatic heterocycles. The fourth-order valence-corrected chi connectivity index (χ4v) is 3.34. The number of fused-ring (bicyclic) bond motifs is 1.